The van der Waals surface area contributed by atoms with Crippen LogP contribution in [0, 0.1) is 0 Å². The van der Waals surface area contributed by atoms with Crippen molar-refractivity contribution >= 4 is 11.8 Å². The molecule has 0 saturated carbocycles. The zero-order valence-corrected chi connectivity index (χ0v) is 12.3. The summed E-state index contributed by atoms with van der Waals surface area (Å²) in [5.41, 5.74) is -0.354. The van der Waals surface area contributed by atoms with Gasteiger partial charge in [-0.25, -0.2) is 0 Å². The molecule has 1 unspecified atom stereocenters. The Morgan fingerprint density at radius 1 is 1.15 bits per heavy atom. The second-order valence-electron chi connectivity index (χ2n) is 4.55. The number of ether oxygens (including phenoxy) is 3. The fraction of sp³-hybridized carbons (Fsp3) is 0.571. The molecule has 1 aromatic carbocycles. The highest BCUT2D eigenvalue weighted by molar-refractivity contribution is 7.99. The molecule has 0 bridgehead atoms. The predicted octanol–water partition coefficient (Wildman–Crippen LogP) is 0.887. The average molecular weight is 300 g/mol. The first-order valence-electron chi connectivity index (χ1n) is 6.43. The van der Waals surface area contributed by atoms with Crippen LogP contribution in [-0.2, 0) is 14.2 Å². The summed E-state index contributed by atoms with van der Waals surface area (Å²) in [5, 5.41) is 19.4. The molecule has 112 valence electrons. The lowest BCUT2D eigenvalue weighted by atomic mass is 10.00. The third-order valence-electron chi connectivity index (χ3n) is 3.34. The molecule has 1 fully saturated rings. The number of aliphatic hydroxyl groups excluding tert-OH is 2. The molecule has 0 radical (unpaired) electrons. The Balaban J connectivity index is 2.16. The van der Waals surface area contributed by atoms with E-state index in [1.165, 1.54) is 18.9 Å². The minimum atomic E-state index is -0.914. The minimum absolute atomic E-state index is 0.261. The second-order valence-corrected chi connectivity index (χ2v) is 5.72. The molecular weight excluding hydrogens is 280 g/mol. The van der Waals surface area contributed by atoms with Gasteiger partial charge in [0.05, 0.1) is 6.61 Å². The van der Waals surface area contributed by atoms with E-state index in [0.29, 0.717) is 0 Å². The van der Waals surface area contributed by atoms with E-state index in [4.69, 9.17) is 14.2 Å². The molecule has 1 saturated heterocycles. The molecule has 1 aliphatic rings. The van der Waals surface area contributed by atoms with Gasteiger partial charge in [-0.2, -0.15) is 0 Å². The fourth-order valence-corrected chi connectivity index (χ4v) is 3.47. The zero-order valence-electron chi connectivity index (χ0n) is 11.5. The Kier molecular flexibility index (Phi) is 5.83. The molecule has 0 amide bonds. The van der Waals surface area contributed by atoms with Gasteiger partial charge in [-0.1, -0.05) is 30.0 Å². The van der Waals surface area contributed by atoms with Gasteiger partial charge in [0, 0.05) is 19.1 Å². The lowest BCUT2D eigenvalue weighted by Gasteiger charge is -2.42. The van der Waals surface area contributed by atoms with Crippen molar-refractivity contribution in [2.75, 3.05) is 20.8 Å². The van der Waals surface area contributed by atoms with Crippen molar-refractivity contribution in [3.63, 3.8) is 0 Å². The smallest absolute Gasteiger partial charge is 0.137 e. The van der Waals surface area contributed by atoms with Gasteiger partial charge >= 0.3 is 0 Å². The number of aliphatic hydroxyl groups is 2. The van der Waals surface area contributed by atoms with Crippen LogP contribution < -0.4 is 0 Å². The summed E-state index contributed by atoms with van der Waals surface area (Å²) < 4.78 is 16.5. The van der Waals surface area contributed by atoms with E-state index in [-0.39, 0.29) is 12.0 Å². The topological polar surface area (TPSA) is 68.2 Å². The monoisotopic (exact) mass is 300 g/mol. The normalized spacial score (nSPS) is 34.1. The second kappa shape index (κ2) is 7.40. The van der Waals surface area contributed by atoms with Crippen molar-refractivity contribution in [3.8, 4) is 0 Å². The third-order valence-corrected chi connectivity index (χ3v) is 4.49. The lowest BCUT2D eigenvalue weighted by molar-refractivity contribution is -0.220. The van der Waals surface area contributed by atoms with Crippen LogP contribution in [0.5, 0.6) is 0 Å². The molecule has 1 heterocycles. The Bertz CT molecular complexity index is 402. The van der Waals surface area contributed by atoms with Crippen LogP contribution in [0.25, 0.3) is 0 Å². The molecule has 0 spiro atoms. The Labute approximate surface area is 122 Å². The molecule has 5 atom stereocenters. The van der Waals surface area contributed by atoms with Gasteiger partial charge in [-0.3, -0.25) is 0 Å². The summed E-state index contributed by atoms with van der Waals surface area (Å²) >= 11 is 1.49. The van der Waals surface area contributed by atoms with Gasteiger partial charge in [0.25, 0.3) is 0 Å². The molecule has 1 aromatic rings. The summed E-state index contributed by atoms with van der Waals surface area (Å²) in [6, 6.07) is 9.78. The average Bonchev–Trinajstić information content (AvgIpc) is 2.49. The van der Waals surface area contributed by atoms with Gasteiger partial charge in [0.1, 0.15) is 29.9 Å². The van der Waals surface area contributed by atoms with Gasteiger partial charge in [-0.15, -0.1) is 0 Å². The van der Waals surface area contributed by atoms with Crippen LogP contribution in [-0.4, -0.2) is 60.9 Å². The van der Waals surface area contributed by atoms with Crippen molar-refractivity contribution in [1.82, 2.24) is 0 Å². The van der Waals surface area contributed by atoms with Crippen molar-refractivity contribution in [3.05, 3.63) is 30.3 Å². The molecule has 2 N–H and O–H groups in total. The molecule has 0 aromatic heterocycles. The minimum Gasteiger partial charge on any atom is -0.394 e. The highest BCUT2D eigenvalue weighted by Gasteiger charge is 2.46. The zero-order chi connectivity index (χ0) is 14.5. The lowest BCUT2D eigenvalue weighted by Crippen LogP contribution is -2.58. The number of thioether (sulfide) groups is 1. The molecular formula is C14H20O5S. The van der Waals surface area contributed by atoms with E-state index < -0.39 is 24.4 Å². The maximum atomic E-state index is 10.1. The number of rotatable bonds is 5. The maximum Gasteiger partial charge on any atom is 0.137 e. The van der Waals surface area contributed by atoms with E-state index in [1.807, 2.05) is 30.3 Å². The predicted molar refractivity (Wildman–Crippen MR) is 75.6 cm³/mol. The van der Waals surface area contributed by atoms with Crippen LogP contribution in [0.2, 0.25) is 0 Å². The first kappa shape index (κ1) is 15.8. The molecule has 2 rings (SSSR count). The number of hydrogen-bond donors (Lipinski definition) is 2. The van der Waals surface area contributed by atoms with Gasteiger partial charge in [0.2, 0.25) is 0 Å². The van der Waals surface area contributed by atoms with Gasteiger partial charge < -0.3 is 24.4 Å². The van der Waals surface area contributed by atoms with Crippen molar-refractivity contribution in [1.29, 1.82) is 0 Å². The highest BCUT2D eigenvalue weighted by Crippen LogP contribution is 2.35. The van der Waals surface area contributed by atoms with E-state index in [0.717, 1.165) is 4.90 Å². The summed E-state index contributed by atoms with van der Waals surface area (Å²) in [6.45, 7) is -0.261. The van der Waals surface area contributed by atoms with E-state index in [2.05, 4.69) is 0 Å². The standard InChI is InChI=1S/C14H20O5S/c1-17-12-11(16)10(8-15)19-14(13(12)18-2)20-9-6-4-3-5-7-9/h3-7,10-16H,8H2,1-2H3/t10?,11-,12+,13-,14+/m1/s1. The van der Waals surface area contributed by atoms with E-state index in [1.54, 1.807) is 7.11 Å². The van der Waals surface area contributed by atoms with Crippen molar-refractivity contribution in [2.45, 2.75) is 34.7 Å². The third kappa shape index (κ3) is 3.33. The molecule has 6 heteroatoms. The van der Waals surface area contributed by atoms with E-state index >= 15 is 0 Å². The number of benzene rings is 1. The van der Waals surface area contributed by atoms with E-state index in [9.17, 15) is 10.2 Å². The summed E-state index contributed by atoms with van der Waals surface area (Å²) in [6.07, 6.45) is -2.54. The summed E-state index contributed by atoms with van der Waals surface area (Å²) in [7, 11) is 3.08. The summed E-state index contributed by atoms with van der Waals surface area (Å²) in [5.74, 6) is 0. The SMILES string of the molecule is CO[C@@H]1[C@@H](OC)[C@H](Sc2ccccc2)OC(CO)[C@H]1O. The molecule has 1 aliphatic heterocycles. The Hall–Kier alpha value is -0.630. The Morgan fingerprint density at radius 3 is 2.35 bits per heavy atom. The largest absolute Gasteiger partial charge is 0.394 e. The van der Waals surface area contributed by atoms with Crippen LogP contribution in [0.1, 0.15) is 0 Å². The molecule has 5 nitrogen and oxygen atoms in total. The first-order chi connectivity index (χ1) is 9.71. The van der Waals surface area contributed by atoms with Crippen LogP contribution in [0.15, 0.2) is 35.2 Å². The fourth-order valence-electron chi connectivity index (χ4n) is 2.29. The van der Waals surface area contributed by atoms with Crippen LogP contribution in [0.3, 0.4) is 0 Å². The maximum absolute atomic E-state index is 10.1. The summed E-state index contributed by atoms with van der Waals surface area (Å²) in [4.78, 5) is 1.03. The van der Waals surface area contributed by atoms with Crippen molar-refractivity contribution < 1.29 is 24.4 Å². The quantitative estimate of drug-likeness (QED) is 0.842. The number of methoxy groups -OCH3 is 2. The highest BCUT2D eigenvalue weighted by atomic mass is 32.2. The van der Waals surface area contributed by atoms with Gasteiger partial charge in [-0.05, 0) is 12.1 Å². The van der Waals surface area contributed by atoms with Crippen molar-refractivity contribution in [2.24, 2.45) is 0 Å². The molecule has 20 heavy (non-hydrogen) atoms. The molecule has 0 aliphatic carbocycles. The number of hydrogen-bond acceptors (Lipinski definition) is 6. The van der Waals surface area contributed by atoms with Crippen LogP contribution >= 0.6 is 11.8 Å². The first-order valence-corrected chi connectivity index (χ1v) is 7.31. The van der Waals surface area contributed by atoms with Gasteiger partial charge in [0.15, 0.2) is 0 Å². The van der Waals surface area contributed by atoms with Crippen LogP contribution in [0.4, 0.5) is 0 Å². The Morgan fingerprint density at radius 2 is 1.80 bits per heavy atom.